The largest absolute Gasteiger partial charge is 0.349 e. The molecule has 0 aliphatic carbocycles. The van der Waals surface area contributed by atoms with Crippen LogP contribution in [0.4, 0.5) is 0 Å². The summed E-state index contributed by atoms with van der Waals surface area (Å²) in [4.78, 5) is 0. The third-order valence-electron chi connectivity index (χ3n) is 2.98. The van der Waals surface area contributed by atoms with Crippen LogP contribution >= 0.6 is 0 Å². The van der Waals surface area contributed by atoms with Crippen molar-refractivity contribution in [3.05, 3.63) is 23.0 Å². The fourth-order valence-electron chi connectivity index (χ4n) is 2.09. The van der Waals surface area contributed by atoms with Crippen LogP contribution in [0.5, 0.6) is 0 Å². The van der Waals surface area contributed by atoms with E-state index in [4.69, 9.17) is 0 Å². The molecule has 6 heteroatoms. The van der Waals surface area contributed by atoms with Gasteiger partial charge in [-0.25, -0.2) is 13.1 Å². The van der Waals surface area contributed by atoms with E-state index >= 15 is 0 Å². The van der Waals surface area contributed by atoms with Crippen molar-refractivity contribution in [1.29, 1.82) is 0 Å². The van der Waals surface area contributed by atoms with E-state index in [1.165, 1.54) is 23.2 Å². The van der Waals surface area contributed by atoms with Crippen LogP contribution in [-0.4, -0.2) is 32.3 Å². The molecule has 0 saturated carbocycles. The van der Waals surface area contributed by atoms with Crippen molar-refractivity contribution >= 4 is 10.0 Å². The summed E-state index contributed by atoms with van der Waals surface area (Å²) in [7, 11) is -3.08. The van der Waals surface area contributed by atoms with E-state index < -0.39 is 10.0 Å². The lowest BCUT2D eigenvalue weighted by Gasteiger charge is -2.07. The summed E-state index contributed by atoms with van der Waals surface area (Å²) < 4.78 is 26.5. The van der Waals surface area contributed by atoms with Crippen LogP contribution in [0.1, 0.15) is 23.9 Å². The number of aromatic nitrogens is 1. The van der Waals surface area contributed by atoms with Crippen LogP contribution in [0.15, 0.2) is 6.07 Å². The zero-order valence-corrected chi connectivity index (χ0v) is 12.4. The van der Waals surface area contributed by atoms with E-state index in [0.29, 0.717) is 13.1 Å². The van der Waals surface area contributed by atoms with Crippen LogP contribution in [0.2, 0.25) is 0 Å². The minimum absolute atomic E-state index is 0.422. The van der Waals surface area contributed by atoms with Gasteiger partial charge in [0.15, 0.2) is 0 Å². The first-order valence-electron chi connectivity index (χ1n) is 6.16. The van der Waals surface area contributed by atoms with Gasteiger partial charge in [-0.3, -0.25) is 0 Å². The van der Waals surface area contributed by atoms with E-state index in [1.807, 2.05) is 0 Å². The lowest BCUT2D eigenvalue weighted by atomic mass is 10.2. The monoisotopic (exact) mass is 273 g/mol. The van der Waals surface area contributed by atoms with Crippen molar-refractivity contribution in [3.8, 4) is 0 Å². The summed E-state index contributed by atoms with van der Waals surface area (Å²) in [5.74, 6) is 0. The predicted molar refractivity (Wildman–Crippen MR) is 74.1 cm³/mol. The number of rotatable bonds is 7. The first-order valence-corrected chi connectivity index (χ1v) is 8.05. The van der Waals surface area contributed by atoms with Gasteiger partial charge in [-0.05, 0) is 32.4 Å². The third kappa shape index (κ3) is 4.44. The molecular weight excluding hydrogens is 250 g/mol. The summed E-state index contributed by atoms with van der Waals surface area (Å²) in [6, 6.07) is 2.18. The molecule has 0 unspecified atom stereocenters. The number of hydrogen-bond acceptors (Lipinski definition) is 3. The standard InChI is InChI=1S/C12H23N3O2S/c1-5-15-10(2)8-12(11(15)3)9-13-6-7-14-18(4,16)17/h8,13-14H,5-7,9H2,1-4H3. The van der Waals surface area contributed by atoms with Crippen LogP contribution in [0.25, 0.3) is 0 Å². The lowest BCUT2D eigenvalue weighted by Crippen LogP contribution is -2.30. The molecule has 5 nitrogen and oxygen atoms in total. The molecule has 0 aliphatic rings. The molecule has 0 atom stereocenters. The molecule has 1 rings (SSSR count). The Morgan fingerprint density at radius 2 is 1.94 bits per heavy atom. The zero-order valence-electron chi connectivity index (χ0n) is 11.6. The normalized spacial score (nSPS) is 12.0. The van der Waals surface area contributed by atoms with Crippen LogP contribution in [0, 0.1) is 13.8 Å². The SMILES string of the molecule is CCn1c(C)cc(CNCCNS(C)(=O)=O)c1C. The lowest BCUT2D eigenvalue weighted by molar-refractivity contribution is 0.581. The van der Waals surface area contributed by atoms with Gasteiger partial charge in [0, 0.05) is 37.6 Å². The van der Waals surface area contributed by atoms with Crippen molar-refractivity contribution in [2.75, 3.05) is 19.3 Å². The van der Waals surface area contributed by atoms with Crippen molar-refractivity contribution in [1.82, 2.24) is 14.6 Å². The maximum Gasteiger partial charge on any atom is 0.208 e. The summed E-state index contributed by atoms with van der Waals surface area (Å²) in [5, 5.41) is 3.24. The van der Waals surface area contributed by atoms with Gasteiger partial charge in [-0.15, -0.1) is 0 Å². The minimum Gasteiger partial charge on any atom is -0.349 e. The molecule has 0 fully saturated rings. The van der Waals surface area contributed by atoms with Gasteiger partial charge in [-0.1, -0.05) is 0 Å². The maximum absolute atomic E-state index is 10.9. The van der Waals surface area contributed by atoms with Gasteiger partial charge in [0.25, 0.3) is 0 Å². The number of hydrogen-bond donors (Lipinski definition) is 2. The third-order valence-corrected chi connectivity index (χ3v) is 3.70. The van der Waals surface area contributed by atoms with E-state index in [9.17, 15) is 8.42 Å². The Labute approximate surface area is 110 Å². The highest BCUT2D eigenvalue weighted by Gasteiger charge is 2.07. The summed E-state index contributed by atoms with van der Waals surface area (Å²) in [5.41, 5.74) is 3.81. The highest BCUT2D eigenvalue weighted by molar-refractivity contribution is 7.88. The highest BCUT2D eigenvalue weighted by Crippen LogP contribution is 2.14. The average molecular weight is 273 g/mol. The van der Waals surface area contributed by atoms with Gasteiger partial charge < -0.3 is 9.88 Å². The molecular formula is C12H23N3O2S. The summed E-state index contributed by atoms with van der Waals surface area (Å²) in [6.45, 7) is 9.15. The van der Waals surface area contributed by atoms with Crippen LogP contribution < -0.4 is 10.0 Å². The number of nitrogens with zero attached hydrogens (tertiary/aromatic N) is 1. The Morgan fingerprint density at radius 3 is 2.44 bits per heavy atom. The summed E-state index contributed by atoms with van der Waals surface area (Å²) >= 11 is 0. The van der Waals surface area contributed by atoms with Crippen molar-refractivity contribution in [3.63, 3.8) is 0 Å². The van der Waals surface area contributed by atoms with Crippen molar-refractivity contribution in [2.24, 2.45) is 0 Å². The van der Waals surface area contributed by atoms with Gasteiger partial charge in [0.05, 0.1) is 6.26 Å². The molecule has 2 N–H and O–H groups in total. The number of nitrogens with one attached hydrogen (secondary N) is 2. The smallest absolute Gasteiger partial charge is 0.208 e. The van der Waals surface area contributed by atoms with Gasteiger partial charge >= 0.3 is 0 Å². The second kappa shape index (κ2) is 6.36. The first kappa shape index (κ1) is 15.2. The Balaban J connectivity index is 2.41. The first-order chi connectivity index (χ1) is 8.35. The van der Waals surface area contributed by atoms with Crippen LogP contribution in [-0.2, 0) is 23.1 Å². The fraction of sp³-hybridized carbons (Fsp3) is 0.667. The van der Waals surface area contributed by atoms with Gasteiger partial charge in [0.1, 0.15) is 0 Å². The predicted octanol–water partition coefficient (Wildman–Crippen LogP) is 0.764. The second-order valence-corrected chi connectivity index (χ2v) is 6.32. The molecule has 18 heavy (non-hydrogen) atoms. The van der Waals surface area contributed by atoms with E-state index in [1.54, 1.807) is 0 Å². The summed E-state index contributed by atoms with van der Waals surface area (Å²) in [6.07, 6.45) is 1.17. The Kier molecular flexibility index (Phi) is 5.37. The Morgan fingerprint density at radius 1 is 1.28 bits per heavy atom. The van der Waals surface area contributed by atoms with E-state index in [-0.39, 0.29) is 0 Å². The van der Waals surface area contributed by atoms with E-state index in [2.05, 4.69) is 41.4 Å². The molecule has 0 aromatic carbocycles. The van der Waals surface area contributed by atoms with Crippen LogP contribution in [0.3, 0.4) is 0 Å². The van der Waals surface area contributed by atoms with Crippen molar-refractivity contribution < 1.29 is 8.42 Å². The van der Waals surface area contributed by atoms with Gasteiger partial charge in [-0.2, -0.15) is 0 Å². The average Bonchev–Trinajstić information content (AvgIpc) is 2.52. The molecule has 0 saturated heterocycles. The molecule has 0 bridgehead atoms. The molecule has 1 heterocycles. The van der Waals surface area contributed by atoms with E-state index in [0.717, 1.165) is 13.1 Å². The molecule has 1 aromatic heterocycles. The molecule has 1 aromatic rings. The zero-order chi connectivity index (χ0) is 13.8. The Bertz CT molecular complexity index is 492. The van der Waals surface area contributed by atoms with Crippen molar-refractivity contribution in [2.45, 2.75) is 33.9 Å². The quantitative estimate of drug-likeness (QED) is 0.721. The van der Waals surface area contributed by atoms with Gasteiger partial charge in [0.2, 0.25) is 10.0 Å². The number of aryl methyl sites for hydroxylation is 1. The molecule has 0 radical (unpaired) electrons. The Hall–Kier alpha value is -0.850. The topological polar surface area (TPSA) is 63.1 Å². The maximum atomic E-state index is 10.9. The molecule has 0 amide bonds. The molecule has 0 spiro atoms. The second-order valence-electron chi connectivity index (χ2n) is 4.48. The molecule has 0 aliphatic heterocycles. The highest BCUT2D eigenvalue weighted by atomic mass is 32.2. The number of sulfonamides is 1. The minimum atomic E-state index is -3.08. The molecule has 104 valence electrons. The fourth-order valence-corrected chi connectivity index (χ4v) is 2.56.